The summed E-state index contributed by atoms with van der Waals surface area (Å²) in [4.78, 5) is 11.8. The lowest BCUT2D eigenvalue weighted by molar-refractivity contribution is 0.0517. The zero-order valence-electron chi connectivity index (χ0n) is 8.89. The van der Waals surface area contributed by atoms with Crippen LogP contribution in [0.2, 0.25) is 5.02 Å². The third kappa shape index (κ3) is 2.81. The third-order valence-corrected chi connectivity index (χ3v) is 3.35. The second-order valence-corrected chi connectivity index (χ2v) is 4.42. The van der Waals surface area contributed by atoms with Crippen molar-refractivity contribution in [2.24, 2.45) is 0 Å². The number of benzene rings is 1. The lowest BCUT2D eigenvalue weighted by Crippen LogP contribution is -2.22. The molecule has 1 unspecified atom stereocenters. The van der Waals surface area contributed by atoms with E-state index in [0.29, 0.717) is 11.1 Å². The summed E-state index contributed by atoms with van der Waals surface area (Å²) in [5.41, 5.74) is -0.0471. The predicted molar refractivity (Wildman–Crippen MR) is 64.5 cm³/mol. The van der Waals surface area contributed by atoms with Gasteiger partial charge in [-0.05, 0) is 41.9 Å². The van der Waals surface area contributed by atoms with E-state index in [1.54, 1.807) is 13.8 Å². The Morgan fingerprint density at radius 1 is 1.62 bits per heavy atom. The van der Waals surface area contributed by atoms with Crippen LogP contribution in [0.3, 0.4) is 0 Å². The van der Waals surface area contributed by atoms with E-state index in [1.165, 1.54) is 12.1 Å². The van der Waals surface area contributed by atoms with Gasteiger partial charge in [-0.1, -0.05) is 11.6 Å². The lowest BCUT2D eigenvalue weighted by Gasteiger charge is -2.11. The number of rotatable bonds is 4. The summed E-state index contributed by atoms with van der Waals surface area (Å²) >= 11 is 8.78. The van der Waals surface area contributed by atoms with Crippen molar-refractivity contribution in [3.8, 4) is 0 Å². The van der Waals surface area contributed by atoms with Crippen LogP contribution in [0.25, 0.3) is 0 Å². The maximum absolute atomic E-state index is 13.7. The maximum Gasteiger partial charge on any atom is 0.194 e. The van der Waals surface area contributed by atoms with Gasteiger partial charge in [-0.3, -0.25) is 4.79 Å². The largest absolute Gasteiger partial charge is 0.371 e. The number of hydrogen-bond donors (Lipinski definition) is 0. The summed E-state index contributed by atoms with van der Waals surface area (Å²) in [6, 6.07) is 2.93. The van der Waals surface area contributed by atoms with Crippen LogP contribution < -0.4 is 0 Å². The molecule has 0 saturated carbocycles. The maximum atomic E-state index is 13.7. The van der Waals surface area contributed by atoms with Gasteiger partial charge in [0.1, 0.15) is 6.10 Å². The Bertz CT molecular complexity index is 409. The highest BCUT2D eigenvalue weighted by molar-refractivity contribution is 9.10. The smallest absolute Gasteiger partial charge is 0.194 e. The summed E-state index contributed by atoms with van der Waals surface area (Å²) in [7, 11) is 0. The standard InChI is InChI=1S/C11H11BrClFO2/c1-3-16-6(2)11(15)7-4-5-8(12)9(13)10(7)14/h4-6H,3H2,1-2H3. The van der Waals surface area contributed by atoms with Crippen LogP contribution in [0.5, 0.6) is 0 Å². The zero-order chi connectivity index (χ0) is 12.3. The van der Waals surface area contributed by atoms with Crippen molar-refractivity contribution in [2.45, 2.75) is 20.0 Å². The highest BCUT2D eigenvalue weighted by Crippen LogP contribution is 2.28. The molecule has 1 aromatic rings. The Morgan fingerprint density at radius 3 is 2.81 bits per heavy atom. The molecule has 0 aliphatic rings. The highest BCUT2D eigenvalue weighted by atomic mass is 79.9. The monoisotopic (exact) mass is 308 g/mol. The van der Waals surface area contributed by atoms with Gasteiger partial charge in [0, 0.05) is 11.1 Å². The van der Waals surface area contributed by atoms with Gasteiger partial charge in [0.2, 0.25) is 0 Å². The fourth-order valence-corrected chi connectivity index (χ4v) is 1.73. The van der Waals surface area contributed by atoms with E-state index >= 15 is 0 Å². The molecule has 2 nitrogen and oxygen atoms in total. The SMILES string of the molecule is CCOC(C)C(=O)c1ccc(Br)c(Cl)c1F. The zero-order valence-corrected chi connectivity index (χ0v) is 11.2. The third-order valence-electron chi connectivity index (χ3n) is 2.09. The van der Waals surface area contributed by atoms with Crippen LogP contribution in [0.4, 0.5) is 4.39 Å². The molecule has 5 heteroatoms. The molecule has 0 fully saturated rings. The van der Waals surface area contributed by atoms with Crippen LogP contribution in [-0.2, 0) is 4.74 Å². The molecule has 0 aliphatic carbocycles. The number of hydrogen-bond acceptors (Lipinski definition) is 2. The van der Waals surface area contributed by atoms with Crippen molar-refractivity contribution in [3.05, 3.63) is 33.0 Å². The Labute approximate surface area is 107 Å². The van der Waals surface area contributed by atoms with E-state index in [1.807, 2.05) is 0 Å². The van der Waals surface area contributed by atoms with Gasteiger partial charge in [0.05, 0.1) is 10.6 Å². The summed E-state index contributed by atoms with van der Waals surface area (Å²) < 4.78 is 19.2. The second-order valence-electron chi connectivity index (χ2n) is 3.18. The summed E-state index contributed by atoms with van der Waals surface area (Å²) in [5.74, 6) is -1.12. The molecule has 1 rings (SSSR count). The normalized spacial score (nSPS) is 12.6. The lowest BCUT2D eigenvalue weighted by atomic mass is 10.1. The topological polar surface area (TPSA) is 26.3 Å². The fourth-order valence-electron chi connectivity index (χ4n) is 1.26. The minimum atomic E-state index is -0.715. The van der Waals surface area contributed by atoms with Gasteiger partial charge in [-0.25, -0.2) is 4.39 Å². The molecule has 0 bridgehead atoms. The van der Waals surface area contributed by atoms with Gasteiger partial charge in [-0.2, -0.15) is 0 Å². The molecule has 1 atom stereocenters. The van der Waals surface area contributed by atoms with E-state index in [9.17, 15) is 9.18 Å². The quantitative estimate of drug-likeness (QED) is 0.624. The van der Waals surface area contributed by atoms with Crippen molar-refractivity contribution < 1.29 is 13.9 Å². The summed E-state index contributed by atoms with van der Waals surface area (Å²) in [6.45, 7) is 3.76. The number of ketones is 1. The van der Waals surface area contributed by atoms with E-state index in [0.717, 1.165) is 0 Å². The molecule has 16 heavy (non-hydrogen) atoms. The molecule has 0 radical (unpaired) electrons. The first-order valence-electron chi connectivity index (χ1n) is 4.78. The van der Waals surface area contributed by atoms with Crippen LogP contribution in [-0.4, -0.2) is 18.5 Å². The summed E-state index contributed by atoms with van der Waals surface area (Å²) in [5, 5.41) is -0.0884. The van der Waals surface area contributed by atoms with Gasteiger partial charge in [0.15, 0.2) is 11.6 Å². The first-order valence-corrected chi connectivity index (χ1v) is 5.95. The van der Waals surface area contributed by atoms with E-state index in [2.05, 4.69) is 15.9 Å². The molecular weight excluding hydrogens is 298 g/mol. The molecule has 0 aromatic heterocycles. The Balaban J connectivity index is 3.05. The van der Waals surface area contributed by atoms with Gasteiger partial charge >= 0.3 is 0 Å². The van der Waals surface area contributed by atoms with Crippen molar-refractivity contribution in [2.75, 3.05) is 6.61 Å². The van der Waals surface area contributed by atoms with Crippen molar-refractivity contribution in [3.63, 3.8) is 0 Å². The number of ether oxygens (including phenoxy) is 1. The van der Waals surface area contributed by atoms with Crippen molar-refractivity contribution in [1.82, 2.24) is 0 Å². The van der Waals surface area contributed by atoms with Crippen LogP contribution in [0.1, 0.15) is 24.2 Å². The van der Waals surface area contributed by atoms with Gasteiger partial charge in [-0.15, -0.1) is 0 Å². The average molecular weight is 310 g/mol. The summed E-state index contributed by atoms with van der Waals surface area (Å²) in [6.07, 6.45) is -0.670. The number of carbonyl (C=O) groups is 1. The first-order chi connectivity index (χ1) is 7.49. The fraction of sp³-hybridized carbons (Fsp3) is 0.364. The van der Waals surface area contributed by atoms with Crippen LogP contribution in [0, 0.1) is 5.82 Å². The molecule has 0 amide bonds. The van der Waals surface area contributed by atoms with E-state index in [4.69, 9.17) is 16.3 Å². The molecule has 0 spiro atoms. The molecule has 0 heterocycles. The van der Waals surface area contributed by atoms with Gasteiger partial charge < -0.3 is 4.74 Å². The Hall–Kier alpha value is -0.450. The first kappa shape index (κ1) is 13.6. The second kappa shape index (κ2) is 5.75. The minimum Gasteiger partial charge on any atom is -0.371 e. The number of halogens is 3. The minimum absolute atomic E-state index is 0.0471. The predicted octanol–water partition coefficient (Wildman–Crippen LogP) is 3.85. The molecule has 0 aliphatic heterocycles. The van der Waals surface area contributed by atoms with Crippen molar-refractivity contribution >= 4 is 33.3 Å². The van der Waals surface area contributed by atoms with E-state index in [-0.39, 0.29) is 10.6 Å². The van der Waals surface area contributed by atoms with Gasteiger partial charge in [0.25, 0.3) is 0 Å². The molecule has 88 valence electrons. The molecule has 0 N–H and O–H groups in total. The Morgan fingerprint density at radius 2 is 2.25 bits per heavy atom. The van der Waals surface area contributed by atoms with Crippen LogP contribution in [0.15, 0.2) is 16.6 Å². The van der Waals surface area contributed by atoms with Crippen LogP contribution >= 0.6 is 27.5 Å². The van der Waals surface area contributed by atoms with E-state index < -0.39 is 17.7 Å². The number of carbonyl (C=O) groups excluding carboxylic acids is 1. The molecular formula is C11H11BrClFO2. The number of Topliss-reactive ketones (excluding diaryl/α,β-unsaturated/α-hetero) is 1. The average Bonchev–Trinajstić information content (AvgIpc) is 2.26. The highest BCUT2D eigenvalue weighted by Gasteiger charge is 2.21. The molecule has 1 aromatic carbocycles. The Kier molecular flexibility index (Phi) is 4.89. The molecule has 0 saturated heterocycles. The van der Waals surface area contributed by atoms with Crippen molar-refractivity contribution in [1.29, 1.82) is 0 Å².